The number of aromatic nitrogens is 2. The van der Waals surface area contributed by atoms with Crippen molar-refractivity contribution in [3.8, 4) is 0 Å². The topological polar surface area (TPSA) is 55.1 Å². The van der Waals surface area contributed by atoms with Crippen LogP contribution in [0.4, 0.5) is 0 Å². The summed E-state index contributed by atoms with van der Waals surface area (Å²) in [6, 6.07) is 7.44. The van der Waals surface area contributed by atoms with Crippen molar-refractivity contribution in [3.63, 3.8) is 0 Å². The molecule has 2 aromatic rings. The van der Waals surface area contributed by atoms with Gasteiger partial charge in [-0.15, -0.1) is 12.6 Å². The Hall–Kier alpha value is -1.49. The molecule has 1 aromatic heterocycles. The number of fused-ring (bicyclic) bond motifs is 1. The van der Waals surface area contributed by atoms with Crippen LogP contribution in [-0.4, -0.2) is 20.9 Å². The fourth-order valence-corrected chi connectivity index (χ4v) is 1.34. The van der Waals surface area contributed by atoms with Crippen molar-refractivity contribution < 1.29 is 9.90 Å². The van der Waals surface area contributed by atoms with Crippen LogP contribution in [0.3, 0.4) is 0 Å². The lowest BCUT2D eigenvalue weighted by Gasteiger charge is -2.03. The molecule has 1 N–H and O–H groups in total. The number of benzene rings is 1. The third-order valence-electron chi connectivity index (χ3n) is 1.90. The van der Waals surface area contributed by atoms with Gasteiger partial charge in [-0.2, -0.15) is 5.10 Å². The zero-order valence-electron chi connectivity index (χ0n) is 7.16. The van der Waals surface area contributed by atoms with Gasteiger partial charge in [0.25, 0.3) is 0 Å². The first-order chi connectivity index (χ1) is 6.68. The quantitative estimate of drug-likeness (QED) is 0.736. The summed E-state index contributed by atoms with van der Waals surface area (Å²) in [6.45, 7) is 0. The van der Waals surface area contributed by atoms with Gasteiger partial charge in [-0.25, -0.2) is 9.48 Å². The van der Waals surface area contributed by atoms with Gasteiger partial charge in [0.2, 0.25) is 0 Å². The second-order valence-corrected chi connectivity index (χ2v) is 3.37. The Bertz CT molecular complexity index is 447. The maximum atomic E-state index is 10.6. The molecule has 5 heteroatoms. The zero-order valence-corrected chi connectivity index (χ0v) is 8.06. The average Bonchev–Trinajstić information content (AvgIpc) is 2.59. The minimum Gasteiger partial charge on any atom is -0.479 e. The van der Waals surface area contributed by atoms with Crippen LogP contribution >= 0.6 is 12.6 Å². The maximum absolute atomic E-state index is 10.6. The van der Waals surface area contributed by atoms with E-state index in [-0.39, 0.29) is 0 Å². The van der Waals surface area contributed by atoms with Crippen LogP contribution in [-0.2, 0) is 4.79 Å². The van der Waals surface area contributed by atoms with E-state index in [2.05, 4.69) is 17.7 Å². The number of aliphatic carboxylic acids is 1. The molecule has 2 rings (SSSR count). The smallest absolute Gasteiger partial charge is 0.338 e. The average molecular weight is 208 g/mol. The van der Waals surface area contributed by atoms with E-state index < -0.39 is 11.3 Å². The normalized spacial score (nSPS) is 12.9. The highest BCUT2D eigenvalue weighted by atomic mass is 32.1. The summed E-state index contributed by atoms with van der Waals surface area (Å²) in [6.07, 6.45) is 1.67. The first kappa shape index (κ1) is 9.08. The van der Waals surface area contributed by atoms with Crippen molar-refractivity contribution in [2.24, 2.45) is 0 Å². The molecule has 0 amide bonds. The van der Waals surface area contributed by atoms with Gasteiger partial charge >= 0.3 is 5.97 Å². The molecule has 0 saturated heterocycles. The largest absolute Gasteiger partial charge is 0.479 e. The lowest BCUT2D eigenvalue weighted by molar-refractivity contribution is -0.138. The van der Waals surface area contributed by atoms with Crippen molar-refractivity contribution in [2.45, 2.75) is 5.37 Å². The Morgan fingerprint density at radius 3 is 2.86 bits per heavy atom. The molecule has 1 aromatic carbocycles. The van der Waals surface area contributed by atoms with Gasteiger partial charge in [0, 0.05) is 11.6 Å². The van der Waals surface area contributed by atoms with Gasteiger partial charge in [0.05, 0.1) is 5.52 Å². The summed E-state index contributed by atoms with van der Waals surface area (Å²) in [5.74, 6) is -1.01. The number of nitrogens with zero attached hydrogens (tertiary/aromatic N) is 2. The number of rotatable bonds is 2. The minimum atomic E-state index is -1.01. The summed E-state index contributed by atoms with van der Waals surface area (Å²) in [5.41, 5.74) is 0.771. The molecule has 1 heterocycles. The van der Waals surface area contributed by atoms with E-state index in [1.54, 1.807) is 6.20 Å². The molecule has 0 saturated carbocycles. The van der Waals surface area contributed by atoms with Crippen LogP contribution in [0, 0.1) is 0 Å². The third-order valence-corrected chi connectivity index (χ3v) is 2.36. The lowest BCUT2D eigenvalue weighted by Crippen LogP contribution is -2.13. The van der Waals surface area contributed by atoms with E-state index in [0.29, 0.717) is 0 Å². The highest BCUT2D eigenvalue weighted by molar-refractivity contribution is 7.81. The molecule has 0 bridgehead atoms. The van der Waals surface area contributed by atoms with Gasteiger partial charge in [0.15, 0.2) is 5.37 Å². The summed E-state index contributed by atoms with van der Waals surface area (Å²) in [7, 11) is 0. The highest BCUT2D eigenvalue weighted by Crippen LogP contribution is 2.16. The van der Waals surface area contributed by atoms with E-state index in [1.165, 1.54) is 4.68 Å². The predicted octanol–water partition coefficient (Wildman–Crippen LogP) is 1.55. The van der Waals surface area contributed by atoms with Crippen LogP contribution in [0.15, 0.2) is 30.5 Å². The van der Waals surface area contributed by atoms with Crippen LogP contribution in [0.1, 0.15) is 5.37 Å². The highest BCUT2D eigenvalue weighted by Gasteiger charge is 2.15. The van der Waals surface area contributed by atoms with Crippen LogP contribution < -0.4 is 0 Å². The van der Waals surface area contributed by atoms with Gasteiger partial charge in [0.1, 0.15) is 0 Å². The number of thiol groups is 1. The van der Waals surface area contributed by atoms with Crippen molar-refractivity contribution in [1.82, 2.24) is 9.78 Å². The van der Waals surface area contributed by atoms with E-state index in [9.17, 15) is 4.79 Å². The fourth-order valence-electron chi connectivity index (χ4n) is 1.22. The first-order valence-electron chi connectivity index (χ1n) is 4.03. The van der Waals surface area contributed by atoms with E-state index >= 15 is 0 Å². The molecule has 14 heavy (non-hydrogen) atoms. The monoisotopic (exact) mass is 208 g/mol. The Balaban J connectivity index is 2.50. The summed E-state index contributed by atoms with van der Waals surface area (Å²) in [4.78, 5) is 10.6. The van der Waals surface area contributed by atoms with E-state index in [0.717, 1.165) is 10.9 Å². The predicted molar refractivity (Wildman–Crippen MR) is 55.4 cm³/mol. The standard InChI is InChI=1S/C9H8N2O2S/c12-9(13)8(14)11-5-6-3-1-2-4-7(6)10-11/h1-5,8,14H,(H,12,13). The minimum absolute atomic E-state index is 0.771. The van der Waals surface area contributed by atoms with Gasteiger partial charge in [-0.3, -0.25) is 0 Å². The van der Waals surface area contributed by atoms with E-state index in [1.807, 2.05) is 24.3 Å². The molecule has 0 aliphatic carbocycles. The lowest BCUT2D eigenvalue weighted by atomic mass is 10.3. The van der Waals surface area contributed by atoms with Crippen LogP contribution in [0.2, 0.25) is 0 Å². The molecular formula is C9H8N2O2S. The summed E-state index contributed by atoms with van der Waals surface area (Å²) in [5, 5.41) is 12.8. The molecule has 0 radical (unpaired) electrons. The van der Waals surface area contributed by atoms with Gasteiger partial charge in [-0.1, -0.05) is 18.2 Å². The van der Waals surface area contributed by atoms with Crippen LogP contribution in [0.25, 0.3) is 10.9 Å². The first-order valence-corrected chi connectivity index (χ1v) is 4.55. The number of hydrogen-bond donors (Lipinski definition) is 2. The van der Waals surface area contributed by atoms with Crippen molar-refractivity contribution in [3.05, 3.63) is 30.5 Å². The Labute approximate surface area is 85.6 Å². The SMILES string of the molecule is O=C(O)C(S)n1cc2ccccc2n1. The molecule has 4 nitrogen and oxygen atoms in total. The van der Waals surface area contributed by atoms with E-state index in [4.69, 9.17) is 5.11 Å². The molecule has 0 spiro atoms. The van der Waals surface area contributed by atoms with Crippen molar-refractivity contribution in [1.29, 1.82) is 0 Å². The molecular weight excluding hydrogens is 200 g/mol. The van der Waals surface area contributed by atoms with Crippen molar-refractivity contribution >= 4 is 29.5 Å². The zero-order chi connectivity index (χ0) is 10.1. The molecule has 0 aliphatic rings. The van der Waals surface area contributed by atoms with Gasteiger partial charge in [-0.05, 0) is 6.07 Å². The summed E-state index contributed by atoms with van der Waals surface area (Å²) >= 11 is 3.93. The number of carboxylic acids is 1. The number of carbonyl (C=O) groups is 1. The molecule has 1 atom stereocenters. The molecule has 0 aliphatic heterocycles. The number of hydrogen-bond acceptors (Lipinski definition) is 3. The Morgan fingerprint density at radius 1 is 1.50 bits per heavy atom. The fraction of sp³-hybridized carbons (Fsp3) is 0.111. The third kappa shape index (κ3) is 1.46. The Kier molecular flexibility index (Phi) is 2.17. The second-order valence-electron chi connectivity index (χ2n) is 2.88. The maximum Gasteiger partial charge on any atom is 0.338 e. The molecule has 0 fully saturated rings. The van der Waals surface area contributed by atoms with Gasteiger partial charge < -0.3 is 5.11 Å². The second kappa shape index (κ2) is 3.34. The summed E-state index contributed by atoms with van der Waals surface area (Å²) < 4.78 is 1.33. The number of carboxylic acid groups (broad SMARTS) is 1. The Morgan fingerprint density at radius 2 is 2.21 bits per heavy atom. The van der Waals surface area contributed by atoms with Crippen LogP contribution in [0.5, 0.6) is 0 Å². The molecule has 72 valence electrons. The van der Waals surface area contributed by atoms with Crippen molar-refractivity contribution in [2.75, 3.05) is 0 Å². The molecule has 1 unspecified atom stereocenters.